The lowest BCUT2D eigenvalue weighted by molar-refractivity contribution is 0.974. The van der Waals surface area contributed by atoms with Gasteiger partial charge in [0, 0.05) is 10.8 Å². The second-order valence-corrected chi connectivity index (χ2v) is 6.68. The van der Waals surface area contributed by atoms with Crippen LogP contribution in [0.3, 0.4) is 0 Å². The molecule has 0 amide bonds. The summed E-state index contributed by atoms with van der Waals surface area (Å²) in [5.41, 5.74) is 7.14. The van der Waals surface area contributed by atoms with Crippen molar-refractivity contribution in [3.05, 3.63) is 84.1 Å². The minimum absolute atomic E-state index is 1.05. The van der Waals surface area contributed by atoms with Crippen LogP contribution in [0.2, 0.25) is 0 Å². The van der Waals surface area contributed by atoms with Crippen molar-refractivity contribution < 1.29 is 0 Å². The molecule has 0 bridgehead atoms. The van der Waals surface area contributed by atoms with Crippen LogP contribution in [-0.4, -0.2) is 9.61 Å². The van der Waals surface area contributed by atoms with Gasteiger partial charge in [0.05, 0.1) is 16.7 Å². The second kappa shape index (κ2) is 5.18. The summed E-state index contributed by atoms with van der Waals surface area (Å²) in [5.74, 6) is 0. The number of nitrogens with zero attached hydrogens (tertiary/aromatic N) is 2. The molecule has 0 spiro atoms. The molecule has 0 radical (unpaired) electrons. The summed E-state index contributed by atoms with van der Waals surface area (Å²) in [4.78, 5) is 0. The molecule has 0 fully saturated rings. The zero-order valence-electron chi connectivity index (χ0n) is 14.3. The van der Waals surface area contributed by atoms with E-state index in [-0.39, 0.29) is 0 Å². The molecule has 0 atom stereocenters. The number of aryl methyl sites for hydroxylation is 2. The topological polar surface area (TPSA) is 17.3 Å². The van der Waals surface area contributed by atoms with Gasteiger partial charge in [-0.2, -0.15) is 5.10 Å². The zero-order chi connectivity index (χ0) is 17.0. The summed E-state index contributed by atoms with van der Waals surface area (Å²) in [6.45, 7) is 4.23. The van der Waals surface area contributed by atoms with E-state index < -0.39 is 0 Å². The number of rotatable bonds is 1. The lowest BCUT2D eigenvalue weighted by atomic mass is 9.97. The van der Waals surface area contributed by atoms with Crippen molar-refractivity contribution in [2.24, 2.45) is 0 Å². The summed E-state index contributed by atoms with van der Waals surface area (Å²) in [6.07, 6.45) is 0. The van der Waals surface area contributed by atoms with E-state index in [1.165, 1.54) is 38.4 Å². The van der Waals surface area contributed by atoms with Crippen molar-refractivity contribution in [2.45, 2.75) is 13.8 Å². The highest BCUT2D eigenvalue weighted by molar-refractivity contribution is 6.14. The first-order valence-electron chi connectivity index (χ1n) is 8.59. The van der Waals surface area contributed by atoms with Gasteiger partial charge in [0.15, 0.2) is 0 Å². The van der Waals surface area contributed by atoms with Crippen LogP contribution in [0.4, 0.5) is 0 Å². The summed E-state index contributed by atoms with van der Waals surface area (Å²) in [6, 6.07) is 25.9. The monoisotopic (exact) mass is 322 g/mol. The number of pyridine rings is 1. The molecule has 0 saturated carbocycles. The quantitative estimate of drug-likeness (QED) is 0.350. The third-order valence-corrected chi connectivity index (χ3v) is 4.98. The fourth-order valence-electron chi connectivity index (χ4n) is 3.84. The Labute approximate surface area is 146 Å². The Morgan fingerprint density at radius 1 is 0.680 bits per heavy atom. The maximum absolute atomic E-state index is 4.75. The first-order valence-corrected chi connectivity index (χ1v) is 8.59. The van der Waals surface area contributed by atoms with Crippen molar-refractivity contribution in [3.63, 3.8) is 0 Å². The molecular weight excluding hydrogens is 304 g/mol. The number of hydrogen-bond donors (Lipinski definition) is 0. The van der Waals surface area contributed by atoms with E-state index >= 15 is 0 Å². The summed E-state index contributed by atoms with van der Waals surface area (Å²) in [5, 5.41) is 8.58. The molecule has 2 heterocycles. The van der Waals surface area contributed by atoms with E-state index in [2.05, 4.69) is 91.2 Å². The van der Waals surface area contributed by atoms with E-state index in [4.69, 9.17) is 5.10 Å². The molecule has 0 aliphatic carbocycles. The Morgan fingerprint density at radius 2 is 1.52 bits per heavy atom. The zero-order valence-corrected chi connectivity index (χ0v) is 14.3. The predicted octanol–water partition coefficient (Wildman–Crippen LogP) is 5.92. The summed E-state index contributed by atoms with van der Waals surface area (Å²) in [7, 11) is 0. The molecule has 2 aromatic heterocycles. The lowest BCUT2D eigenvalue weighted by Crippen LogP contribution is -1.94. The fourth-order valence-corrected chi connectivity index (χ4v) is 3.84. The Hall–Kier alpha value is -3.13. The molecule has 5 aromatic rings. The molecule has 0 unspecified atom stereocenters. The molecule has 0 aliphatic heterocycles. The van der Waals surface area contributed by atoms with Crippen molar-refractivity contribution >= 4 is 27.2 Å². The minimum Gasteiger partial charge on any atom is -0.232 e. The van der Waals surface area contributed by atoms with Gasteiger partial charge >= 0.3 is 0 Å². The highest BCUT2D eigenvalue weighted by Gasteiger charge is 2.12. The number of aromatic nitrogens is 2. The largest absolute Gasteiger partial charge is 0.232 e. The number of fused-ring (bicyclic) bond motifs is 6. The average molecular weight is 322 g/mol. The van der Waals surface area contributed by atoms with Crippen LogP contribution in [0, 0.1) is 13.8 Å². The molecule has 2 nitrogen and oxygen atoms in total. The van der Waals surface area contributed by atoms with Gasteiger partial charge in [-0.05, 0) is 54.1 Å². The van der Waals surface area contributed by atoms with Gasteiger partial charge in [-0.25, -0.2) is 4.52 Å². The van der Waals surface area contributed by atoms with E-state index in [1.807, 2.05) is 0 Å². The smallest absolute Gasteiger partial charge is 0.0752 e. The number of benzene rings is 3. The maximum Gasteiger partial charge on any atom is 0.0752 e. The van der Waals surface area contributed by atoms with Gasteiger partial charge in [-0.3, -0.25) is 0 Å². The molecule has 25 heavy (non-hydrogen) atoms. The Kier molecular flexibility index (Phi) is 2.95. The molecule has 120 valence electrons. The Bertz CT molecular complexity index is 1250. The molecule has 2 heteroatoms. The average Bonchev–Trinajstić information content (AvgIpc) is 3.03. The lowest BCUT2D eigenvalue weighted by Gasteiger charge is -2.12. The molecule has 3 aromatic carbocycles. The van der Waals surface area contributed by atoms with Crippen LogP contribution in [0.5, 0.6) is 0 Å². The van der Waals surface area contributed by atoms with E-state index in [1.54, 1.807) is 0 Å². The fraction of sp³-hybridized carbons (Fsp3) is 0.0870. The second-order valence-electron chi connectivity index (χ2n) is 6.68. The molecule has 0 aliphatic rings. The van der Waals surface area contributed by atoms with Crippen molar-refractivity contribution in [1.82, 2.24) is 9.61 Å². The number of hydrogen-bond acceptors (Lipinski definition) is 1. The van der Waals surface area contributed by atoms with Gasteiger partial charge in [0.25, 0.3) is 0 Å². The highest BCUT2D eigenvalue weighted by atomic mass is 15.2. The van der Waals surface area contributed by atoms with Crippen LogP contribution < -0.4 is 0 Å². The summed E-state index contributed by atoms with van der Waals surface area (Å²) < 4.78 is 2.09. The highest BCUT2D eigenvalue weighted by Crippen LogP contribution is 2.34. The van der Waals surface area contributed by atoms with Gasteiger partial charge in [-0.15, -0.1) is 0 Å². The SMILES string of the molecule is Cc1cc2c3c(C)cccc3c3cc(-c4ccccc4)ccc3n2n1. The Morgan fingerprint density at radius 3 is 2.36 bits per heavy atom. The normalized spacial score (nSPS) is 11.6. The third kappa shape index (κ3) is 2.07. The predicted molar refractivity (Wildman–Crippen MR) is 105 cm³/mol. The van der Waals surface area contributed by atoms with E-state index in [0.717, 1.165) is 11.2 Å². The first-order chi connectivity index (χ1) is 12.2. The molecule has 0 saturated heterocycles. The third-order valence-electron chi connectivity index (χ3n) is 4.98. The van der Waals surface area contributed by atoms with Gasteiger partial charge in [0.1, 0.15) is 0 Å². The maximum atomic E-state index is 4.75. The van der Waals surface area contributed by atoms with Gasteiger partial charge in [-0.1, -0.05) is 54.6 Å². The first kappa shape index (κ1) is 14.2. The van der Waals surface area contributed by atoms with Gasteiger partial charge in [0.2, 0.25) is 0 Å². The van der Waals surface area contributed by atoms with Crippen LogP contribution >= 0.6 is 0 Å². The van der Waals surface area contributed by atoms with Crippen LogP contribution in [-0.2, 0) is 0 Å². The summed E-state index contributed by atoms with van der Waals surface area (Å²) >= 11 is 0. The van der Waals surface area contributed by atoms with Crippen molar-refractivity contribution in [2.75, 3.05) is 0 Å². The van der Waals surface area contributed by atoms with E-state index in [9.17, 15) is 0 Å². The van der Waals surface area contributed by atoms with E-state index in [0.29, 0.717) is 0 Å². The van der Waals surface area contributed by atoms with Crippen LogP contribution in [0.25, 0.3) is 38.3 Å². The molecule has 5 rings (SSSR count). The minimum atomic E-state index is 1.05. The van der Waals surface area contributed by atoms with Crippen LogP contribution in [0.15, 0.2) is 72.8 Å². The van der Waals surface area contributed by atoms with Crippen molar-refractivity contribution in [3.8, 4) is 11.1 Å². The van der Waals surface area contributed by atoms with Crippen molar-refractivity contribution in [1.29, 1.82) is 0 Å². The standard InChI is InChI=1S/C23H18N2/c1-15-7-6-10-19-20-14-18(17-8-4-3-5-9-17)11-12-21(20)25-22(23(15)19)13-16(2)24-25/h3-14H,1-2H3. The van der Waals surface area contributed by atoms with Crippen LogP contribution in [0.1, 0.15) is 11.3 Å². The molecular formula is C23H18N2. The molecule has 0 N–H and O–H groups in total. The Balaban J connectivity index is 1.98. The van der Waals surface area contributed by atoms with Gasteiger partial charge < -0.3 is 0 Å².